The summed E-state index contributed by atoms with van der Waals surface area (Å²) in [5.41, 5.74) is 1.22. The maximum atomic E-state index is 11.7. The lowest BCUT2D eigenvalue weighted by molar-refractivity contribution is -0.131. The fourth-order valence-electron chi connectivity index (χ4n) is 2.19. The molecule has 0 atom stereocenters. The molecule has 0 heterocycles. The van der Waals surface area contributed by atoms with Gasteiger partial charge in [0.15, 0.2) is 0 Å². The average Bonchev–Trinajstić information content (AvgIpc) is 2.42. The van der Waals surface area contributed by atoms with Gasteiger partial charge in [0, 0.05) is 13.1 Å². The lowest BCUT2D eigenvalue weighted by atomic mass is 9.95. The zero-order valence-electron chi connectivity index (χ0n) is 11.9. The van der Waals surface area contributed by atoms with Gasteiger partial charge in [0.1, 0.15) is 0 Å². The molecule has 0 aromatic carbocycles. The number of hydrazone groups is 1. The van der Waals surface area contributed by atoms with Gasteiger partial charge in [-0.05, 0) is 19.8 Å². The summed E-state index contributed by atoms with van der Waals surface area (Å²) in [6.45, 7) is 10.8. The van der Waals surface area contributed by atoms with E-state index in [-0.39, 0.29) is 11.9 Å². The quantitative estimate of drug-likeness (QED) is 0.553. The van der Waals surface area contributed by atoms with E-state index in [1.165, 1.54) is 19.3 Å². The van der Waals surface area contributed by atoms with Crippen LogP contribution in [0.2, 0.25) is 0 Å². The van der Waals surface area contributed by atoms with Gasteiger partial charge < -0.3 is 0 Å². The van der Waals surface area contributed by atoms with Gasteiger partial charge in [-0.3, -0.25) is 9.79 Å². The number of amides is 1. The first-order chi connectivity index (χ1) is 9.06. The minimum atomic E-state index is -0.0215. The Labute approximate surface area is 115 Å². The van der Waals surface area contributed by atoms with E-state index in [0.717, 1.165) is 12.8 Å². The largest absolute Gasteiger partial charge is 0.273 e. The van der Waals surface area contributed by atoms with Crippen molar-refractivity contribution in [1.29, 1.82) is 0 Å². The van der Waals surface area contributed by atoms with Crippen molar-refractivity contribution >= 4 is 17.8 Å². The van der Waals surface area contributed by atoms with Crippen LogP contribution in [0.15, 0.2) is 35.0 Å². The Morgan fingerprint density at radius 3 is 2.42 bits per heavy atom. The van der Waals surface area contributed by atoms with Crippen molar-refractivity contribution in [2.24, 2.45) is 10.1 Å². The third-order valence-corrected chi connectivity index (χ3v) is 3.25. The molecule has 0 aromatic heterocycles. The summed E-state index contributed by atoms with van der Waals surface area (Å²) in [6.07, 6.45) is 8.79. The lowest BCUT2D eigenvalue weighted by Gasteiger charge is -2.30. The molecule has 1 amide bonds. The maximum Gasteiger partial charge on any atom is 0.239 e. The highest BCUT2D eigenvalue weighted by atomic mass is 16.2. The molecule has 19 heavy (non-hydrogen) atoms. The van der Waals surface area contributed by atoms with E-state index in [0.29, 0.717) is 11.4 Å². The van der Waals surface area contributed by atoms with E-state index in [1.54, 1.807) is 24.2 Å². The van der Waals surface area contributed by atoms with Crippen LogP contribution in [0.3, 0.4) is 0 Å². The number of rotatable bonds is 5. The van der Waals surface area contributed by atoms with E-state index in [9.17, 15) is 4.79 Å². The van der Waals surface area contributed by atoms with Gasteiger partial charge in [0.25, 0.3) is 0 Å². The summed E-state index contributed by atoms with van der Waals surface area (Å²) >= 11 is 0. The van der Waals surface area contributed by atoms with Gasteiger partial charge >= 0.3 is 0 Å². The summed E-state index contributed by atoms with van der Waals surface area (Å²) in [6, 6.07) is 0.220. The Bertz CT molecular complexity index is 404. The summed E-state index contributed by atoms with van der Waals surface area (Å²) in [4.78, 5) is 15.8. The minimum absolute atomic E-state index is 0.0215. The first-order valence-electron chi connectivity index (χ1n) is 6.75. The summed E-state index contributed by atoms with van der Waals surface area (Å²) < 4.78 is 0. The first-order valence-corrected chi connectivity index (χ1v) is 6.75. The molecule has 4 heteroatoms. The van der Waals surface area contributed by atoms with Crippen molar-refractivity contribution in [1.82, 2.24) is 5.01 Å². The highest BCUT2D eigenvalue weighted by Gasteiger charge is 2.23. The Balaban J connectivity index is 2.81. The zero-order valence-corrected chi connectivity index (χ0v) is 11.9. The fourth-order valence-corrected chi connectivity index (χ4v) is 2.19. The Morgan fingerprint density at radius 1 is 1.26 bits per heavy atom. The number of allylic oxidation sites excluding steroid dienone is 2. The van der Waals surface area contributed by atoms with Crippen molar-refractivity contribution < 1.29 is 4.79 Å². The van der Waals surface area contributed by atoms with Gasteiger partial charge in [-0.1, -0.05) is 38.5 Å². The molecule has 1 aliphatic rings. The third kappa shape index (κ3) is 4.81. The predicted molar refractivity (Wildman–Crippen MR) is 80.3 cm³/mol. The van der Waals surface area contributed by atoms with Crippen molar-refractivity contribution in [2.45, 2.75) is 52.0 Å². The van der Waals surface area contributed by atoms with Crippen LogP contribution in [0.4, 0.5) is 0 Å². The summed E-state index contributed by atoms with van der Waals surface area (Å²) in [5, 5.41) is 6.01. The molecule has 0 saturated heterocycles. The lowest BCUT2D eigenvalue weighted by Crippen LogP contribution is -2.36. The van der Waals surface area contributed by atoms with Crippen LogP contribution >= 0.6 is 0 Å². The molecular weight excluding hydrogens is 238 g/mol. The number of hydrogen-bond donors (Lipinski definition) is 0. The van der Waals surface area contributed by atoms with Gasteiger partial charge in [-0.25, -0.2) is 5.01 Å². The van der Waals surface area contributed by atoms with Gasteiger partial charge in [-0.15, -0.1) is 0 Å². The number of aliphatic imine (C=N–C) groups is 1. The normalized spacial score (nSPS) is 17.5. The molecule has 4 nitrogen and oxygen atoms in total. The fraction of sp³-hybridized carbons (Fsp3) is 0.533. The molecule has 0 unspecified atom stereocenters. The molecule has 1 aliphatic carbocycles. The second-order valence-electron chi connectivity index (χ2n) is 4.80. The zero-order chi connectivity index (χ0) is 14.3. The highest BCUT2D eigenvalue weighted by molar-refractivity contribution is 5.99. The second-order valence-corrected chi connectivity index (χ2v) is 4.80. The van der Waals surface area contributed by atoms with E-state index in [2.05, 4.69) is 23.3 Å². The van der Waals surface area contributed by atoms with E-state index in [1.807, 2.05) is 6.92 Å². The predicted octanol–water partition coefficient (Wildman–Crippen LogP) is 3.31. The van der Waals surface area contributed by atoms with Gasteiger partial charge in [0.05, 0.1) is 17.5 Å². The number of carbonyl (C=O) groups excluding carboxylic acids is 1. The molecule has 0 radical (unpaired) electrons. The standard InChI is InChI=1S/C15H23N3O/c1-5-11-16-12(2)13(3)17-18(14(4)19)15-9-7-6-8-10-15/h5,11,15H,1-2,6-10H2,3-4H3. The number of nitrogens with zero attached hydrogens (tertiary/aromatic N) is 3. The van der Waals surface area contributed by atoms with Crippen LogP contribution < -0.4 is 0 Å². The summed E-state index contributed by atoms with van der Waals surface area (Å²) in [7, 11) is 0. The Hall–Kier alpha value is -1.71. The molecule has 0 bridgehead atoms. The van der Waals surface area contributed by atoms with E-state index < -0.39 is 0 Å². The van der Waals surface area contributed by atoms with Crippen molar-refractivity contribution in [3.63, 3.8) is 0 Å². The third-order valence-electron chi connectivity index (χ3n) is 3.25. The topological polar surface area (TPSA) is 45.0 Å². The maximum absolute atomic E-state index is 11.7. The highest BCUT2D eigenvalue weighted by Crippen LogP contribution is 2.23. The monoisotopic (exact) mass is 261 g/mol. The van der Waals surface area contributed by atoms with Gasteiger partial charge in [-0.2, -0.15) is 5.10 Å². The van der Waals surface area contributed by atoms with E-state index in [4.69, 9.17) is 0 Å². The van der Waals surface area contributed by atoms with Crippen LogP contribution in [0.25, 0.3) is 0 Å². The molecule has 1 fully saturated rings. The molecule has 0 spiro atoms. The molecular formula is C15H23N3O. The molecule has 1 saturated carbocycles. The van der Waals surface area contributed by atoms with E-state index >= 15 is 0 Å². The van der Waals surface area contributed by atoms with Gasteiger partial charge in [0.2, 0.25) is 5.91 Å². The number of carbonyl (C=O) groups is 1. The minimum Gasteiger partial charge on any atom is -0.273 e. The molecule has 1 rings (SSSR count). The molecule has 0 N–H and O–H groups in total. The van der Waals surface area contributed by atoms with Crippen molar-refractivity contribution in [3.05, 3.63) is 24.9 Å². The Morgan fingerprint density at radius 2 is 1.89 bits per heavy atom. The first kappa shape index (κ1) is 15.3. The SMILES string of the molecule is C=CC=NC(=C)C(C)=NN(C(C)=O)C1CCCCC1. The van der Waals surface area contributed by atoms with Crippen LogP contribution in [-0.4, -0.2) is 28.9 Å². The van der Waals surface area contributed by atoms with Crippen LogP contribution in [0.1, 0.15) is 46.0 Å². The smallest absolute Gasteiger partial charge is 0.239 e. The van der Waals surface area contributed by atoms with Crippen LogP contribution in [0.5, 0.6) is 0 Å². The van der Waals surface area contributed by atoms with Crippen molar-refractivity contribution in [3.8, 4) is 0 Å². The Kier molecular flexibility index (Phi) is 6.19. The number of hydrogen-bond acceptors (Lipinski definition) is 3. The van der Waals surface area contributed by atoms with Crippen LogP contribution in [-0.2, 0) is 4.79 Å². The average molecular weight is 261 g/mol. The summed E-state index contributed by atoms with van der Waals surface area (Å²) in [5.74, 6) is -0.0215. The molecule has 0 aliphatic heterocycles. The second kappa shape index (κ2) is 7.67. The van der Waals surface area contributed by atoms with Crippen molar-refractivity contribution in [2.75, 3.05) is 0 Å². The molecule has 104 valence electrons. The molecule has 0 aromatic rings. The van der Waals surface area contributed by atoms with Crippen LogP contribution in [0, 0.1) is 0 Å².